The lowest BCUT2D eigenvalue weighted by Gasteiger charge is -2.21. The zero-order chi connectivity index (χ0) is 16.9. The van der Waals surface area contributed by atoms with E-state index >= 15 is 0 Å². The van der Waals surface area contributed by atoms with Gasteiger partial charge in [-0.05, 0) is 13.2 Å². The minimum atomic E-state index is -3.75. The first-order valence-corrected chi connectivity index (χ1v) is 3.16. The van der Waals surface area contributed by atoms with Gasteiger partial charge in [0.05, 0.1) is 13.2 Å². The summed E-state index contributed by atoms with van der Waals surface area (Å²) < 4.78 is 76.7. The van der Waals surface area contributed by atoms with Gasteiger partial charge in [0.25, 0.3) is 0 Å². The highest BCUT2D eigenvalue weighted by molar-refractivity contribution is 5.66. The van der Waals surface area contributed by atoms with Gasteiger partial charge in [-0.2, -0.15) is 0 Å². The van der Waals surface area contributed by atoms with Crippen molar-refractivity contribution in [2.24, 2.45) is 0 Å². The first-order chi connectivity index (χ1) is 9.15. The van der Waals surface area contributed by atoms with E-state index in [1.807, 2.05) is 0 Å². The van der Waals surface area contributed by atoms with Crippen LogP contribution in [-0.2, 0) is 14.3 Å². The zero-order valence-corrected chi connectivity index (χ0v) is 6.09. The lowest BCUT2D eigenvalue weighted by atomic mass is 10.1. The molecule has 0 spiro atoms. The Balaban J connectivity index is 3.47. The van der Waals surface area contributed by atoms with Gasteiger partial charge in [-0.25, -0.2) is 0 Å². The van der Waals surface area contributed by atoms with Gasteiger partial charge in [0.1, 0.15) is 0 Å². The van der Waals surface area contributed by atoms with Crippen molar-refractivity contribution < 1.29 is 31.7 Å². The predicted molar refractivity (Wildman–Crippen MR) is 41.8 cm³/mol. The molecule has 70 valence electrons. The Kier molecular flexibility index (Phi) is 0.953. The van der Waals surface area contributed by atoms with Gasteiger partial charge in [-0.15, -0.1) is 0 Å². The minimum absolute atomic E-state index is 0.343. The van der Waals surface area contributed by atoms with Gasteiger partial charge in [-0.1, -0.05) is 0 Å². The number of carbonyl (C=O) groups is 1. The molecule has 0 amide bonds. The van der Waals surface area contributed by atoms with Gasteiger partial charge in [0.2, 0.25) is 0 Å². The molecule has 0 bridgehead atoms. The largest absolute Gasteiger partial charge is 0.481 e. The first kappa shape index (κ1) is 2.96. The van der Waals surface area contributed by atoms with E-state index in [-0.39, 0.29) is 13.2 Å². The number of aliphatic carboxylic acids is 1. The Bertz CT molecular complexity index is 424. The van der Waals surface area contributed by atoms with Gasteiger partial charge in [-0.3, -0.25) is 4.79 Å². The van der Waals surface area contributed by atoms with Crippen LogP contribution < -0.4 is 0 Å². The minimum Gasteiger partial charge on any atom is -0.481 e. The van der Waals surface area contributed by atoms with Gasteiger partial charge >= 0.3 is 5.97 Å². The van der Waals surface area contributed by atoms with E-state index in [0.29, 0.717) is 0 Å². The monoisotopic (exact) mass is 183 g/mol. The summed E-state index contributed by atoms with van der Waals surface area (Å²) in [6.07, 6.45) is -11.1. The fourth-order valence-corrected chi connectivity index (χ4v) is 0.652. The molecule has 1 heterocycles. The van der Waals surface area contributed by atoms with Crippen molar-refractivity contribution in [2.75, 3.05) is 13.2 Å². The van der Waals surface area contributed by atoms with Crippen LogP contribution in [0.4, 0.5) is 0 Å². The molecule has 0 atom stereocenters. The molecule has 0 saturated carbocycles. The van der Waals surface area contributed by atoms with Crippen LogP contribution in [0.2, 0.25) is 0 Å². The maximum Gasteiger partial charge on any atom is 0.303 e. The van der Waals surface area contributed by atoms with E-state index < -0.39 is 37.7 Å². The summed E-state index contributed by atoms with van der Waals surface area (Å²) >= 11 is 0. The number of carboxylic acid groups (broad SMARTS) is 1. The van der Waals surface area contributed by atoms with E-state index in [1.54, 1.807) is 0 Å². The number of carboxylic acids is 1. The average molecular weight is 183 g/mol. The van der Waals surface area contributed by atoms with Crippen molar-refractivity contribution in [2.45, 2.75) is 31.8 Å². The Morgan fingerprint density at radius 3 is 2.92 bits per heavy atom. The highest BCUT2D eigenvalue weighted by Gasteiger charge is 2.30. The van der Waals surface area contributed by atoms with E-state index in [1.165, 1.54) is 0 Å². The molecule has 0 aromatic rings. The van der Waals surface area contributed by atoms with Crippen molar-refractivity contribution in [3.05, 3.63) is 0 Å². The fraction of sp³-hybridized carbons (Fsp3) is 0.875. The maximum absolute atomic E-state index is 10.9. The van der Waals surface area contributed by atoms with Crippen LogP contribution in [0.25, 0.3) is 0 Å². The summed E-state index contributed by atoms with van der Waals surface area (Å²) in [5, 5.41) is 8.77. The molecule has 0 aliphatic carbocycles. The molecule has 4 nitrogen and oxygen atoms in total. The Hall–Kier alpha value is -0.610. The normalized spacial score (nSPS) is 36.8. The summed E-state index contributed by atoms with van der Waals surface area (Å²) in [5.41, 5.74) is 0. The topological polar surface area (TPSA) is 55.8 Å². The molecule has 4 heteroatoms. The number of rotatable bonds is 4. The molecule has 12 heavy (non-hydrogen) atoms. The SMILES string of the molecule is [2H]C([2H])([2H])C1(C([2H])([2H])C([2H])([2H])C([2H])([2H])C(=O)O)OCCO1. The van der Waals surface area contributed by atoms with E-state index in [2.05, 4.69) is 0 Å². The van der Waals surface area contributed by atoms with Crippen LogP contribution in [0.5, 0.6) is 0 Å². The first-order valence-electron chi connectivity index (χ1n) is 7.66. The smallest absolute Gasteiger partial charge is 0.303 e. The third-order valence-electron chi connectivity index (χ3n) is 1.09. The lowest BCUT2D eigenvalue weighted by molar-refractivity contribution is -0.150. The quantitative estimate of drug-likeness (QED) is 0.706. The summed E-state index contributed by atoms with van der Waals surface area (Å²) in [7, 11) is 0. The third kappa shape index (κ3) is 2.79. The maximum atomic E-state index is 10.9. The van der Waals surface area contributed by atoms with Crippen LogP contribution in [0.1, 0.15) is 38.3 Å². The molecule has 0 unspecified atom stereocenters. The molecule has 0 aromatic carbocycles. The van der Waals surface area contributed by atoms with Crippen molar-refractivity contribution in [3.8, 4) is 0 Å². The Morgan fingerprint density at radius 2 is 2.42 bits per heavy atom. The van der Waals surface area contributed by atoms with Crippen molar-refractivity contribution in [1.29, 1.82) is 0 Å². The highest BCUT2D eigenvalue weighted by Crippen LogP contribution is 2.24. The van der Waals surface area contributed by atoms with Crippen molar-refractivity contribution >= 4 is 5.97 Å². The second-order valence-electron chi connectivity index (χ2n) is 1.99. The van der Waals surface area contributed by atoms with E-state index in [9.17, 15) is 4.79 Å². The van der Waals surface area contributed by atoms with Gasteiger partial charge in [0, 0.05) is 25.1 Å². The fourth-order valence-electron chi connectivity index (χ4n) is 0.652. The molecule has 1 aliphatic rings. The van der Waals surface area contributed by atoms with Crippen molar-refractivity contribution in [3.63, 3.8) is 0 Å². The molecule has 0 radical (unpaired) electrons. The molecule has 0 aromatic heterocycles. The molecule has 1 saturated heterocycles. The van der Waals surface area contributed by atoms with Gasteiger partial charge < -0.3 is 14.6 Å². The lowest BCUT2D eigenvalue weighted by Crippen LogP contribution is -2.25. The standard InChI is InChI=1S/C8H14O4/c1-8(11-5-6-12-8)4-2-3-7(9)10/h2-6H2,1H3,(H,9,10)/i1D3,2D2,3D2,4D2. The highest BCUT2D eigenvalue weighted by atomic mass is 16.7. The number of hydrogen-bond donors (Lipinski definition) is 1. The van der Waals surface area contributed by atoms with Crippen molar-refractivity contribution in [1.82, 2.24) is 0 Å². The Labute approximate surface area is 84.1 Å². The number of hydrogen-bond acceptors (Lipinski definition) is 3. The van der Waals surface area contributed by atoms with Crippen LogP contribution in [0.15, 0.2) is 0 Å². The van der Waals surface area contributed by atoms with Gasteiger partial charge in [0.15, 0.2) is 5.79 Å². The van der Waals surface area contributed by atoms with Crippen LogP contribution in [0, 0.1) is 0 Å². The molecular formula is C8H14O4. The summed E-state index contributed by atoms with van der Waals surface area (Å²) in [5.74, 6) is -5.36. The average Bonchev–Trinajstić information content (AvgIpc) is 2.77. The summed E-state index contributed by atoms with van der Waals surface area (Å²) in [6, 6.07) is 0. The summed E-state index contributed by atoms with van der Waals surface area (Å²) in [4.78, 5) is 10.9. The molecule has 1 N–H and O–H groups in total. The van der Waals surface area contributed by atoms with Crippen LogP contribution >= 0.6 is 0 Å². The third-order valence-corrected chi connectivity index (χ3v) is 1.09. The molecule has 1 aliphatic heterocycles. The zero-order valence-electron chi connectivity index (χ0n) is 15.1. The van der Waals surface area contributed by atoms with Crippen LogP contribution in [0.3, 0.4) is 0 Å². The van der Waals surface area contributed by atoms with E-state index in [4.69, 9.17) is 26.9 Å². The second kappa shape index (κ2) is 3.87. The molecule has 1 rings (SSSR count). The van der Waals surface area contributed by atoms with E-state index in [0.717, 1.165) is 0 Å². The predicted octanol–water partition coefficient (Wildman–Crippen LogP) is 1.00. The Morgan fingerprint density at radius 1 is 1.75 bits per heavy atom. The van der Waals surface area contributed by atoms with Crippen LogP contribution in [-0.4, -0.2) is 30.1 Å². The number of ether oxygens (including phenoxy) is 2. The molecular weight excluding hydrogens is 160 g/mol. The summed E-state index contributed by atoms with van der Waals surface area (Å²) in [6.45, 7) is -3.98. The second-order valence-corrected chi connectivity index (χ2v) is 1.99. The molecule has 1 fully saturated rings.